The lowest BCUT2D eigenvalue weighted by Gasteiger charge is -2.18. The average molecular weight is 1050 g/mol. The quantitative estimate of drug-likeness (QED) is 0.0261. The zero-order chi connectivity index (χ0) is 54.3. The van der Waals surface area contributed by atoms with Gasteiger partial charge in [0.05, 0.1) is 0 Å². The number of carbonyl (C=O) groups is 3. The molecule has 434 valence electrons. The van der Waals surface area contributed by atoms with E-state index in [0.29, 0.717) is 19.3 Å². The highest BCUT2D eigenvalue weighted by molar-refractivity contribution is 5.71. The minimum absolute atomic E-state index is 0.0868. The van der Waals surface area contributed by atoms with E-state index in [4.69, 9.17) is 14.2 Å². The van der Waals surface area contributed by atoms with Crippen LogP contribution in [0.2, 0.25) is 0 Å². The topological polar surface area (TPSA) is 78.9 Å². The monoisotopic (exact) mass is 1050 g/mol. The van der Waals surface area contributed by atoms with E-state index >= 15 is 0 Å². The molecule has 0 bridgehead atoms. The predicted octanol–water partition coefficient (Wildman–Crippen LogP) is 22.1. The highest BCUT2D eigenvalue weighted by atomic mass is 16.6. The first kappa shape index (κ1) is 71.8. The molecule has 0 spiro atoms. The third-order valence-corrected chi connectivity index (χ3v) is 14.2. The van der Waals surface area contributed by atoms with Crippen molar-refractivity contribution in [2.45, 2.75) is 335 Å². The highest BCUT2D eigenvalue weighted by Gasteiger charge is 2.19. The van der Waals surface area contributed by atoms with Gasteiger partial charge >= 0.3 is 17.9 Å². The van der Waals surface area contributed by atoms with Gasteiger partial charge in [-0.2, -0.15) is 0 Å². The number of ether oxygens (including phenoxy) is 3. The van der Waals surface area contributed by atoms with Gasteiger partial charge in [-0.05, 0) is 89.9 Å². The molecule has 0 aromatic carbocycles. The van der Waals surface area contributed by atoms with Crippen molar-refractivity contribution in [3.8, 4) is 0 Å². The Balaban J connectivity index is 4.35. The van der Waals surface area contributed by atoms with Gasteiger partial charge in [0, 0.05) is 19.3 Å². The first-order chi connectivity index (χ1) is 37.0. The summed E-state index contributed by atoms with van der Waals surface area (Å²) >= 11 is 0. The Kier molecular flexibility index (Phi) is 60.7. The molecule has 75 heavy (non-hydrogen) atoms. The first-order valence-electron chi connectivity index (χ1n) is 32.4. The molecule has 0 aromatic heterocycles. The van der Waals surface area contributed by atoms with Crippen molar-refractivity contribution in [2.24, 2.45) is 0 Å². The van der Waals surface area contributed by atoms with E-state index < -0.39 is 6.10 Å². The van der Waals surface area contributed by atoms with Crippen molar-refractivity contribution in [3.63, 3.8) is 0 Å². The Morgan fingerprint density at radius 2 is 0.520 bits per heavy atom. The number of allylic oxidation sites excluding steroid dienone is 12. The first-order valence-corrected chi connectivity index (χ1v) is 32.4. The third-order valence-electron chi connectivity index (χ3n) is 14.2. The lowest BCUT2D eigenvalue weighted by atomic mass is 10.0. The summed E-state index contributed by atoms with van der Waals surface area (Å²) in [5.74, 6) is -0.914. The lowest BCUT2D eigenvalue weighted by molar-refractivity contribution is -0.167. The third kappa shape index (κ3) is 61.6. The summed E-state index contributed by atoms with van der Waals surface area (Å²) in [5, 5.41) is 0. The normalized spacial score (nSPS) is 12.5. The van der Waals surface area contributed by atoms with Crippen molar-refractivity contribution in [1.29, 1.82) is 0 Å². The molecule has 0 heterocycles. The molecule has 1 atom stereocenters. The van der Waals surface area contributed by atoms with Crippen LogP contribution in [0.15, 0.2) is 72.9 Å². The second-order valence-electron chi connectivity index (χ2n) is 21.6. The minimum Gasteiger partial charge on any atom is -0.462 e. The van der Waals surface area contributed by atoms with Gasteiger partial charge in [-0.25, -0.2) is 0 Å². The maximum atomic E-state index is 12.9. The molecule has 0 saturated carbocycles. The second kappa shape index (κ2) is 63.4. The van der Waals surface area contributed by atoms with Crippen LogP contribution in [-0.2, 0) is 28.6 Å². The van der Waals surface area contributed by atoms with Crippen LogP contribution < -0.4 is 0 Å². The molecule has 0 aliphatic rings. The van der Waals surface area contributed by atoms with Gasteiger partial charge in [0.1, 0.15) is 13.2 Å². The number of rotatable bonds is 59. The molecule has 0 amide bonds. The number of carbonyl (C=O) groups excluding carboxylic acids is 3. The van der Waals surface area contributed by atoms with E-state index in [-0.39, 0.29) is 31.1 Å². The van der Waals surface area contributed by atoms with Crippen LogP contribution in [0.1, 0.15) is 329 Å². The van der Waals surface area contributed by atoms with Crippen molar-refractivity contribution in [3.05, 3.63) is 72.9 Å². The van der Waals surface area contributed by atoms with Crippen LogP contribution in [0.25, 0.3) is 0 Å². The predicted molar refractivity (Wildman–Crippen MR) is 325 cm³/mol. The van der Waals surface area contributed by atoms with E-state index in [9.17, 15) is 14.4 Å². The van der Waals surface area contributed by atoms with Gasteiger partial charge in [0.2, 0.25) is 0 Å². The van der Waals surface area contributed by atoms with Gasteiger partial charge in [-0.3, -0.25) is 14.4 Å². The van der Waals surface area contributed by atoms with E-state index in [1.165, 1.54) is 199 Å². The van der Waals surface area contributed by atoms with Gasteiger partial charge < -0.3 is 14.2 Å². The molecule has 0 aliphatic heterocycles. The van der Waals surface area contributed by atoms with Crippen molar-refractivity contribution < 1.29 is 28.6 Å². The summed E-state index contributed by atoms with van der Waals surface area (Å²) in [5.41, 5.74) is 0. The number of hydrogen-bond donors (Lipinski definition) is 0. The number of hydrogen-bond acceptors (Lipinski definition) is 6. The van der Waals surface area contributed by atoms with Crippen LogP contribution in [0.3, 0.4) is 0 Å². The Morgan fingerprint density at radius 1 is 0.280 bits per heavy atom. The van der Waals surface area contributed by atoms with E-state index in [1.807, 2.05) is 0 Å². The van der Waals surface area contributed by atoms with Gasteiger partial charge in [0.15, 0.2) is 6.10 Å². The highest BCUT2D eigenvalue weighted by Crippen LogP contribution is 2.17. The smallest absolute Gasteiger partial charge is 0.306 e. The second-order valence-corrected chi connectivity index (χ2v) is 21.6. The maximum Gasteiger partial charge on any atom is 0.306 e. The molecule has 0 saturated heterocycles. The molecule has 0 rings (SSSR count). The Hall–Kier alpha value is -3.15. The van der Waals surface area contributed by atoms with Crippen molar-refractivity contribution in [1.82, 2.24) is 0 Å². The minimum atomic E-state index is -0.793. The number of esters is 3. The molecular formula is C69H122O6. The molecule has 0 N–H and O–H groups in total. The summed E-state index contributed by atoms with van der Waals surface area (Å²) < 4.78 is 16.9. The molecule has 1 unspecified atom stereocenters. The summed E-state index contributed by atoms with van der Waals surface area (Å²) in [7, 11) is 0. The molecule has 6 nitrogen and oxygen atoms in total. The van der Waals surface area contributed by atoms with E-state index in [2.05, 4.69) is 93.7 Å². The van der Waals surface area contributed by atoms with Crippen molar-refractivity contribution in [2.75, 3.05) is 13.2 Å². The van der Waals surface area contributed by atoms with E-state index in [1.54, 1.807) is 0 Å². The standard InChI is InChI=1S/C69H122O6/c1-4-7-10-13-16-19-22-25-28-30-32-33-34-35-37-38-41-44-47-50-53-56-59-62-68(71)74-65-66(64-73-67(70)61-58-55-52-49-46-43-40-27-24-21-18-15-12-9-6-3)75-69(72)63-60-57-54-51-48-45-42-39-36-31-29-26-23-20-17-14-11-8-5-2/h9,12,18,21-22,25,27,30,32,40,46,49,66H,4-8,10-11,13-17,19-20,23-24,26,28-29,31,33-39,41-45,47-48,50-65H2,1-3H3/b12-9-,21-18-,25-22-,32-30-,40-27-,49-46-. The summed E-state index contributed by atoms with van der Waals surface area (Å²) in [6.45, 7) is 6.53. The number of unbranched alkanes of at least 4 members (excludes halogenated alkanes) is 36. The maximum absolute atomic E-state index is 12.9. The fraction of sp³-hybridized carbons (Fsp3) is 0.783. The molecule has 0 fully saturated rings. The van der Waals surface area contributed by atoms with Crippen LogP contribution in [-0.4, -0.2) is 37.2 Å². The van der Waals surface area contributed by atoms with Crippen LogP contribution in [0.4, 0.5) is 0 Å². The Morgan fingerprint density at radius 3 is 0.840 bits per heavy atom. The average Bonchev–Trinajstić information content (AvgIpc) is 3.41. The lowest BCUT2D eigenvalue weighted by Crippen LogP contribution is -2.30. The summed E-state index contributed by atoms with van der Waals surface area (Å²) in [6, 6.07) is 0. The Bertz CT molecular complexity index is 1390. The molecule has 6 heteroatoms. The van der Waals surface area contributed by atoms with Crippen LogP contribution in [0.5, 0.6) is 0 Å². The van der Waals surface area contributed by atoms with E-state index in [0.717, 1.165) is 89.9 Å². The van der Waals surface area contributed by atoms with Crippen LogP contribution in [0, 0.1) is 0 Å². The van der Waals surface area contributed by atoms with Gasteiger partial charge in [-0.1, -0.05) is 293 Å². The van der Waals surface area contributed by atoms with Crippen LogP contribution >= 0.6 is 0 Å². The zero-order valence-electron chi connectivity index (χ0n) is 49.8. The largest absolute Gasteiger partial charge is 0.462 e. The molecule has 0 radical (unpaired) electrons. The summed E-state index contributed by atoms with van der Waals surface area (Å²) in [4.78, 5) is 38.3. The van der Waals surface area contributed by atoms with Gasteiger partial charge in [0.25, 0.3) is 0 Å². The molecular weight excluding hydrogens is 925 g/mol. The Labute approximate surface area is 465 Å². The molecule has 0 aromatic rings. The fourth-order valence-electron chi connectivity index (χ4n) is 9.35. The fourth-order valence-corrected chi connectivity index (χ4v) is 9.35. The van der Waals surface area contributed by atoms with Crippen molar-refractivity contribution >= 4 is 17.9 Å². The SMILES string of the molecule is CC/C=C\C/C=C\C/C=C\C/C=C\CCCCC(=O)OCC(COC(=O)CCCCCCCCCCCCC/C=C\C/C=C\CCCCCCC)OC(=O)CCCCCCCCCCCCCCCCCCCCC. The molecule has 0 aliphatic carbocycles. The summed E-state index contributed by atoms with van der Waals surface area (Å²) in [6.07, 6.45) is 82.0. The zero-order valence-corrected chi connectivity index (χ0v) is 49.8. The van der Waals surface area contributed by atoms with Gasteiger partial charge in [-0.15, -0.1) is 0 Å².